The average molecular weight is 347 g/mol. The van der Waals surface area contributed by atoms with Gasteiger partial charge in [-0.25, -0.2) is 4.79 Å². The predicted octanol–water partition coefficient (Wildman–Crippen LogP) is 2.79. The third-order valence-electron chi connectivity index (χ3n) is 5.91. The molecule has 25 heavy (non-hydrogen) atoms. The Morgan fingerprint density at radius 3 is 2.80 bits per heavy atom. The van der Waals surface area contributed by atoms with Gasteiger partial charge in [0.05, 0.1) is 0 Å². The van der Waals surface area contributed by atoms with Crippen LogP contribution in [0.3, 0.4) is 0 Å². The summed E-state index contributed by atoms with van der Waals surface area (Å²) in [6.07, 6.45) is 9.53. The molecule has 2 fully saturated rings. The summed E-state index contributed by atoms with van der Waals surface area (Å²) >= 11 is 0. The summed E-state index contributed by atoms with van der Waals surface area (Å²) in [5, 5.41) is 2.92. The molecule has 0 bridgehead atoms. The lowest BCUT2D eigenvalue weighted by atomic mass is 9.73. The maximum atomic E-state index is 13.0. The minimum Gasteiger partial charge on any atom is -0.323 e. The molecule has 1 heterocycles. The van der Waals surface area contributed by atoms with Gasteiger partial charge in [-0.3, -0.25) is 14.5 Å². The summed E-state index contributed by atoms with van der Waals surface area (Å²) in [5.74, 6) is -0.254. The van der Waals surface area contributed by atoms with E-state index in [0.29, 0.717) is 13.0 Å². The first kappa shape index (κ1) is 18.0. The zero-order valence-corrected chi connectivity index (χ0v) is 15.3. The van der Waals surface area contributed by atoms with Crippen molar-refractivity contribution in [2.45, 2.75) is 70.8 Å². The van der Waals surface area contributed by atoms with Gasteiger partial charge in [-0.2, -0.15) is 0 Å². The second kappa shape index (κ2) is 7.18. The van der Waals surface area contributed by atoms with E-state index in [1.54, 1.807) is 4.90 Å². The molecule has 138 valence electrons. The van der Waals surface area contributed by atoms with Crippen LogP contribution < -0.4 is 5.32 Å². The summed E-state index contributed by atoms with van der Waals surface area (Å²) in [6, 6.07) is -0.413. The van der Waals surface area contributed by atoms with Crippen LogP contribution >= 0.6 is 0 Å². The Morgan fingerprint density at radius 2 is 2.16 bits per heavy atom. The molecule has 0 unspecified atom stereocenters. The fourth-order valence-electron chi connectivity index (χ4n) is 4.41. The number of urea groups is 1. The smallest absolute Gasteiger partial charge is 0.323 e. The number of allylic oxidation sites excluding steroid dienone is 2. The number of rotatable bonds is 5. The molecule has 0 aromatic carbocycles. The normalized spacial score (nSPS) is 29.1. The first-order chi connectivity index (χ1) is 12.0. The second-order valence-corrected chi connectivity index (χ2v) is 7.57. The molecule has 1 N–H and O–H groups in total. The summed E-state index contributed by atoms with van der Waals surface area (Å²) < 4.78 is 0. The Kier molecular flexibility index (Phi) is 5.16. The molecule has 0 radical (unpaired) electrons. The van der Waals surface area contributed by atoms with Gasteiger partial charge in [-0.05, 0) is 44.4 Å². The molecule has 6 nitrogen and oxygen atoms in total. The number of imide groups is 1. The van der Waals surface area contributed by atoms with E-state index in [9.17, 15) is 14.4 Å². The van der Waals surface area contributed by atoms with E-state index < -0.39 is 11.6 Å². The van der Waals surface area contributed by atoms with E-state index in [1.165, 1.54) is 0 Å². The molecule has 1 spiro atoms. The van der Waals surface area contributed by atoms with Crippen molar-refractivity contribution in [3.63, 3.8) is 0 Å². The fraction of sp³-hybridized carbons (Fsp3) is 0.737. The SMILES string of the molecule is CCCN(C(=O)CN1C(=O)N[C@@]2(CCCC[C@@H]2C)C1=O)C1=CCCC1. The number of nitrogens with zero attached hydrogens (tertiary/aromatic N) is 2. The number of carbonyl (C=O) groups excluding carboxylic acids is 3. The standard InChI is InChI=1S/C19H29N3O3/c1-3-12-21(15-9-4-5-10-15)16(23)13-22-17(24)19(20-18(22)25)11-7-6-8-14(19)2/h9,14H,3-8,10-13H2,1-2H3,(H,20,25)/t14-,19+/m0/s1. The molecule has 1 aliphatic heterocycles. The van der Waals surface area contributed by atoms with Gasteiger partial charge >= 0.3 is 6.03 Å². The Hall–Kier alpha value is -1.85. The van der Waals surface area contributed by atoms with Crippen molar-refractivity contribution in [2.24, 2.45) is 5.92 Å². The van der Waals surface area contributed by atoms with Gasteiger partial charge in [0.15, 0.2) is 0 Å². The second-order valence-electron chi connectivity index (χ2n) is 7.57. The predicted molar refractivity (Wildman–Crippen MR) is 94.5 cm³/mol. The summed E-state index contributed by atoms with van der Waals surface area (Å²) in [7, 11) is 0. The molecule has 3 aliphatic rings. The van der Waals surface area contributed by atoms with Crippen LogP contribution in [0.4, 0.5) is 4.79 Å². The highest BCUT2D eigenvalue weighted by atomic mass is 16.2. The first-order valence-corrected chi connectivity index (χ1v) is 9.63. The van der Waals surface area contributed by atoms with Crippen LogP contribution in [0.1, 0.15) is 65.2 Å². The van der Waals surface area contributed by atoms with Crippen LogP contribution in [0, 0.1) is 5.92 Å². The van der Waals surface area contributed by atoms with Crippen molar-refractivity contribution in [1.82, 2.24) is 15.1 Å². The quantitative estimate of drug-likeness (QED) is 0.778. The number of hydrogen-bond donors (Lipinski definition) is 1. The van der Waals surface area contributed by atoms with E-state index in [4.69, 9.17) is 0 Å². The third-order valence-corrected chi connectivity index (χ3v) is 5.91. The van der Waals surface area contributed by atoms with Crippen LogP contribution in [0.25, 0.3) is 0 Å². The van der Waals surface area contributed by atoms with E-state index >= 15 is 0 Å². The largest absolute Gasteiger partial charge is 0.325 e. The molecule has 3 rings (SSSR count). The van der Waals surface area contributed by atoms with Gasteiger partial charge in [0.25, 0.3) is 5.91 Å². The van der Waals surface area contributed by atoms with Gasteiger partial charge in [0.2, 0.25) is 5.91 Å². The maximum Gasteiger partial charge on any atom is 0.325 e. The molecule has 1 saturated carbocycles. The van der Waals surface area contributed by atoms with Crippen molar-refractivity contribution in [3.8, 4) is 0 Å². The number of amides is 4. The number of nitrogens with one attached hydrogen (secondary N) is 1. The van der Waals surface area contributed by atoms with Gasteiger partial charge in [0.1, 0.15) is 12.1 Å². The minimum atomic E-state index is -0.794. The van der Waals surface area contributed by atoms with Crippen LogP contribution in [0.5, 0.6) is 0 Å². The molecule has 2 aliphatic carbocycles. The zero-order valence-electron chi connectivity index (χ0n) is 15.3. The Labute approximate surface area is 149 Å². The monoisotopic (exact) mass is 347 g/mol. The molecule has 1 saturated heterocycles. The Morgan fingerprint density at radius 1 is 1.36 bits per heavy atom. The highest BCUT2D eigenvalue weighted by molar-refractivity contribution is 6.09. The van der Waals surface area contributed by atoms with Crippen LogP contribution in [0.15, 0.2) is 11.8 Å². The van der Waals surface area contributed by atoms with Crippen molar-refractivity contribution in [3.05, 3.63) is 11.8 Å². The lowest BCUT2D eigenvalue weighted by Crippen LogP contribution is -2.54. The molecular formula is C19H29N3O3. The number of hydrogen-bond acceptors (Lipinski definition) is 3. The summed E-state index contributed by atoms with van der Waals surface area (Å²) in [6.45, 7) is 4.53. The third kappa shape index (κ3) is 3.18. The van der Waals surface area contributed by atoms with Crippen LogP contribution in [0.2, 0.25) is 0 Å². The van der Waals surface area contributed by atoms with Crippen LogP contribution in [-0.4, -0.2) is 46.3 Å². The van der Waals surface area contributed by atoms with Crippen LogP contribution in [-0.2, 0) is 9.59 Å². The molecule has 0 aromatic heterocycles. The highest BCUT2D eigenvalue weighted by Crippen LogP contribution is 2.38. The minimum absolute atomic E-state index is 0.113. The maximum absolute atomic E-state index is 13.0. The van der Waals surface area contributed by atoms with E-state index in [1.807, 2.05) is 13.8 Å². The molecule has 2 atom stereocenters. The summed E-state index contributed by atoms with van der Waals surface area (Å²) in [5.41, 5.74) is 0.248. The topological polar surface area (TPSA) is 69.7 Å². The fourth-order valence-corrected chi connectivity index (χ4v) is 4.41. The Balaban J connectivity index is 1.74. The van der Waals surface area contributed by atoms with Gasteiger partial charge < -0.3 is 10.2 Å². The molecule has 6 heteroatoms. The summed E-state index contributed by atoms with van der Waals surface area (Å²) in [4.78, 5) is 41.2. The molecular weight excluding hydrogens is 318 g/mol. The zero-order chi connectivity index (χ0) is 18.0. The van der Waals surface area contributed by atoms with Gasteiger partial charge in [-0.15, -0.1) is 0 Å². The number of carbonyl (C=O) groups is 3. The van der Waals surface area contributed by atoms with Gasteiger partial charge in [0, 0.05) is 12.2 Å². The van der Waals surface area contributed by atoms with Crippen molar-refractivity contribution in [1.29, 1.82) is 0 Å². The van der Waals surface area contributed by atoms with Crippen molar-refractivity contribution >= 4 is 17.8 Å². The molecule has 4 amide bonds. The van der Waals surface area contributed by atoms with E-state index in [-0.39, 0.29) is 24.3 Å². The lowest BCUT2D eigenvalue weighted by molar-refractivity contribution is -0.139. The van der Waals surface area contributed by atoms with E-state index in [0.717, 1.165) is 55.5 Å². The van der Waals surface area contributed by atoms with E-state index in [2.05, 4.69) is 11.4 Å². The lowest BCUT2D eigenvalue weighted by Gasteiger charge is -2.36. The highest BCUT2D eigenvalue weighted by Gasteiger charge is 2.55. The average Bonchev–Trinajstić information content (AvgIpc) is 3.19. The Bertz CT molecular complexity index is 601. The first-order valence-electron chi connectivity index (χ1n) is 9.63. The van der Waals surface area contributed by atoms with Gasteiger partial charge in [-0.1, -0.05) is 32.8 Å². The molecule has 0 aromatic rings. The van der Waals surface area contributed by atoms with Crippen molar-refractivity contribution in [2.75, 3.05) is 13.1 Å². The van der Waals surface area contributed by atoms with Crippen molar-refractivity contribution < 1.29 is 14.4 Å².